The minimum Gasteiger partial charge on any atom is -0.333 e. The van der Waals surface area contributed by atoms with Crippen LogP contribution in [0.15, 0.2) is 158 Å². The van der Waals surface area contributed by atoms with E-state index in [1.54, 1.807) is 0 Å². The summed E-state index contributed by atoms with van der Waals surface area (Å²) in [6.45, 7) is 0. The molecule has 0 fully saturated rings. The first-order valence-corrected chi connectivity index (χ1v) is 16.1. The van der Waals surface area contributed by atoms with E-state index in [1.807, 2.05) is 30.3 Å². The molecule has 9 rings (SSSR count). The largest absolute Gasteiger partial charge is 0.333 e. The van der Waals surface area contributed by atoms with Gasteiger partial charge in [-0.25, -0.2) is 0 Å². The summed E-state index contributed by atoms with van der Waals surface area (Å²) in [6.07, 6.45) is 8.75. The van der Waals surface area contributed by atoms with E-state index in [0.29, 0.717) is 11.1 Å². The molecule has 48 heavy (non-hydrogen) atoms. The van der Waals surface area contributed by atoms with Crippen LogP contribution in [0.3, 0.4) is 0 Å². The number of nitriles is 2. The Bertz CT molecular complexity index is 2520. The van der Waals surface area contributed by atoms with Gasteiger partial charge in [0.05, 0.1) is 46.0 Å². The summed E-state index contributed by atoms with van der Waals surface area (Å²) in [5.41, 5.74) is 11.7. The van der Waals surface area contributed by atoms with E-state index in [9.17, 15) is 10.5 Å². The maximum absolute atomic E-state index is 10.3. The minimum atomic E-state index is 0.116. The van der Waals surface area contributed by atoms with E-state index < -0.39 is 0 Å². The van der Waals surface area contributed by atoms with Crippen molar-refractivity contribution in [3.63, 3.8) is 0 Å². The zero-order valence-electron chi connectivity index (χ0n) is 26.0. The first-order chi connectivity index (χ1) is 23.7. The lowest BCUT2D eigenvalue weighted by molar-refractivity contribution is 0.745. The molecule has 2 atom stereocenters. The molecule has 4 nitrogen and oxygen atoms in total. The van der Waals surface area contributed by atoms with Crippen LogP contribution in [0.1, 0.15) is 22.6 Å². The lowest BCUT2D eigenvalue weighted by Crippen LogP contribution is -2.28. The van der Waals surface area contributed by atoms with Gasteiger partial charge >= 0.3 is 0 Å². The molecule has 0 amide bonds. The molecule has 1 aliphatic heterocycles. The van der Waals surface area contributed by atoms with Gasteiger partial charge in [0.2, 0.25) is 0 Å². The standard InChI is InChI=1S/C44H28N4/c45-27-29-21-22-33(31-23-30(28-46)24-32(26-31)47-40-16-6-1-11-34(40)35-12-2-7-17-41(35)47)39(25-29)38-15-5-10-20-44(38)48-42-18-8-3-13-36(42)37-14-4-9-19-43(37)48/h1-26,34,40H. The molecular weight excluding hydrogens is 585 g/mol. The molecule has 0 radical (unpaired) electrons. The van der Waals surface area contributed by atoms with Crippen LogP contribution in [0.5, 0.6) is 0 Å². The van der Waals surface area contributed by atoms with Crippen LogP contribution >= 0.6 is 0 Å². The van der Waals surface area contributed by atoms with Crippen molar-refractivity contribution in [1.82, 2.24) is 4.57 Å². The maximum Gasteiger partial charge on any atom is 0.0992 e. The summed E-state index contributed by atoms with van der Waals surface area (Å²) in [6, 6.07) is 50.9. The highest BCUT2D eigenvalue weighted by atomic mass is 15.2. The molecule has 0 saturated heterocycles. The van der Waals surface area contributed by atoms with E-state index in [-0.39, 0.29) is 12.0 Å². The van der Waals surface area contributed by atoms with Gasteiger partial charge in [-0.1, -0.05) is 103 Å². The lowest BCUT2D eigenvalue weighted by Gasteiger charge is -2.29. The van der Waals surface area contributed by atoms with Crippen LogP contribution in [0.4, 0.5) is 11.4 Å². The molecule has 2 heterocycles. The number of benzene rings is 6. The van der Waals surface area contributed by atoms with Crippen molar-refractivity contribution in [2.24, 2.45) is 0 Å². The van der Waals surface area contributed by atoms with Gasteiger partial charge in [-0.05, 0) is 76.9 Å². The van der Waals surface area contributed by atoms with Crippen molar-refractivity contribution in [2.75, 3.05) is 4.90 Å². The van der Waals surface area contributed by atoms with Crippen molar-refractivity contribution >= 4 is 33.2 Å². The fourth-order valence-electron chi connectivity index (χ4n) is 7.73. The van der Waals surface area contributed by atoms with E-state index in [0.717, 1.165) is 50.3 Å². The Morgan fingerprint density at radius 1 is 0.521 bits per heavy atom. The van der Waals surface area contributed by atoms with E-state index in [2.05, 4.69) is 149 Å². The second-order valence-electron chi connectivity index (χ2n) is 12.4. The molecule has 0 saturated carbocycles. The SMILES string of the molecule is N#Cc1cc(-c2ccc(C#N)cc2-c2ccccc2-n2c3ccccc3c3ccccc32)cc(N2c3ccccc3C3C=CC=CC32)c1. The number of aromatic nitrogens is 1. The molecule has 6 aromatic carbocycles. The van der Waals surface area contributed by atoms with Crippen LogP contribution in [0, 0.1) is 22.7 Å². The number of anilines is 2. The molecule has 0 N–H and O–H groups in total. The molecule has 4 heteroatoms. The number of fused-ring (bicyclic) bond motifs is 6. The third-order valence-electron chi connectivity index (χ3n) is 9.76. The molecule has 224 valence electrons. The third-order valence-corrected chi connectivity index (χ3v) is 9.76. The number of para-hydroxylation sites is 4. The maximum atomic E-state index is 10.3. The summed E-state index contributed by atoms with van der Waals surface area (Å²) in [5.74, 6) is 0.240. The summed E-state index contributed by atoms with van der Waals surface area (Å²) in [7, 11) is 0. The lowest BCUT2D eigenvalue weighted by atomic mass is 9.90. The van der Waals surface area contributed by atoms with Gasteiger partial charge in [-0.2, -0.15) is 10.5 Å². The van der Waals surface area contributed by atoms with Gasteiger partial charge in [-0.15, -0.1) is 0 Å². The molecule has 2 unspecified atom stereocenters. The monoisotopic (exact) mass is 612 g/mol. The van der Waals surface area contributed by atoms with E-state index in [4.69, 9.17) is 0 Å². The average molecular weight is 613 g/mol. The molecule has 1 aliphatic carbocycles. The van der Waals surface area contributed by atoms with Crippen LogP contribution in [-0.2, 0) is 0 Å². The Morgan fingerprint density at radius 2 is 1.19 bits per heavy atom. The van der Waals surface area contributed by atoms with Crippen molar-refractivity contribution in [2.45, 2.75) is 12.0 Å². The zero-order chi connectivity index (χ0) is 32.2. The fourth-order valence-corrected chi connectivity index (χ4v) is 7.73. The molecule has 1 aromatic heterocycles. The van der Waals surface area contributed by atoms with Gasteiger partial charge < -0.3 is 9.47 Å². The first-order valence-electron chi connectivity index (χ1n) is 16.1. The van der Waals surface area contributed by atoms with Gasteiger partial charge in [0, 0.05) is 33.6 Å². The Hall–Kier alpha value is -6.62. The predicted molar refractivity (Wildman–Crippen MR) is 194 cm³/mol. The van der Waals surface area contributed by atoms with E-state index >= 15 is 0 Å². The van der Waals surface area contributed by atoms with Crippen molar-refractivity contribution in [3.8, 4) is 40.1 Å². The molecule has 0 spiro atoms. The van der Waals surface area contributed by atoms with Crippen LogP contribution in [0.25, 0.3) is 49.7 Å². The van der Waals surface area contributed by atoms with E-state index in [1.165, 1.54) is 16.3 Å². The van der Waals surface area contributed by atoms with Gasteiger partial charge in [0.15, 0.2) is 0 Å². The molecule has 0 bridgehead atoms. The normalized spacial score (nSPS) is 16.1. The summed E-state index contributed by atoms with van der Waals surface area (Å²) in [4.78, 5) is 2.36. The van der Waals surface area contributed by atoms with Crippen molar-refractivity contribution in [1.29, 1.82) is 10.5 Å². The average Bonchev–Trinajstić information content (AvgIpc) is 3.67. The minimum absolute atomic E-state index is 0.116. The second-order valence-corrected chi connectivity index (χ2v) is 12.4. The predicted octanol–water partition coefficient (Wildman–Crippen LogP) is 10.6. The number of rotatable bonds is 4. The van der Waals surface area contributed by atoms with Gasteiger partial charge in [0.25, 0.3) is 0 Å². The Morgan fingerprint density at radius 3 is 1.96 bits per heavy atom. The number of hydrogen-bond donors (Lipinski definition) is 0. The summed E-state index contributed by atoms with van der Waals surface area (Å²) < 4.78 is 2.32. The van der Waals surface area contributed by atoms with Gasteiger partial charge in [-0.3, -0.25) is 0 Å². The quantitative estimate of drug-likeness (QED) is 0.199. The number of allylic oxidation sites excluding steroid dienone is 2. The van der Waals surface area contributed by atoms with Crippen molar-refractivity contribution < 1.29 is 0 Å². The topological polar surface area (TPSA) is 55.8 Å². The highest BCUT2D eigenvalue weighted by molar-refractivity contribution is 6.10. The number of hydrogen-bond acceptors (Lipinski definition) is 3. The molecule has 2 aliphatic rings. The Labute approximate surface area is 279 Å². The first kappa shape index (κ1) is 27.7. The Kier molecular flexibility index (Phi) is 6.35. The second kappa shape index (κ2) is 11.0. The summed E-state index contributed by atoms with van der Waals surface area (Å²) >= 11 is 0. The highest BCUT2D eigenvalue weighted by Gasteiger charge is 2.37. The molecule has 7 aromatic rings. The van der Waals surface area contributed by atoms with Crippen LogP contribution in [0.2, 0.25) is 0 Å². The van der Waals surface area contributed by atoms with Gasteiger partial charge in [0.1, 0.15) is 0 Å². The summed E-state index contributed by atoms with van der Waals surface area (Å²) in [5, 5.41) is 22.7. The highest BCUT2D eigenvalue weighted by Crippen LogP contribution is 2.49. The Balaban J connectivity index is 1.27. The van der Waals surface area contributed by atoms with Crippen molar-refractivity contribution in [3.05, 3.63) is 174 Å². The smallest absolute Gasteiger partial charge is 0.0992 e. The number of nitrogens with zero attached hydrogens (tertiary/aromatic N) is 4. The fraction of sp³-hybridized carbons (Fsp3) is 0.0455. The van der Waals surface area contributed by atoms with Crippen LogP contribution in [-0.4, -0.2) is 10.6 Å². The third kappa shape index (κ3) is 4.21. The molecular formula is C44H28N4. The van der Waals surface area contributed by atoms with Crippen LogP contribution < -0.4 is 4.90 Å². The zero-order valence-corrected chi connectivity index (χ0v) is 26.0.